The molecule has 0 bridgehead atoms. The van der Waals surface area contributed by atoms with Crippen LogP contribution in [0.1, 0.15) is 15.9 Å². The van der Waals surface area contributed by atoms with Crippen LogP contribution in [0.2, 0.25) is 0 Å². The molecule has 3 aliphatic rings. The molecule has 13 atom stereocenters. The monoisotopic (exact) mass is 712 g/mol. The molecule has 3 fully saturated rings. The van der Waals surface area contributed by atoms with E-state index in [0.717, 1.165) is 6.07 Å². The molecule has 0 aliphatic carbocycles. The first kappa shape index (κ1) is 37.9. The van der Waals surface area contributed by atoms with Crippen molar-refractivity contribution in [3.8, 4) is 17.2 Å². The minimum atomic E-state index is -2.02. The number of aliphatic hydroxyl groups is 10. The maximum Gasteiger partial charge on any atom is 0.229 e. The Kier molecular flexibility index (Phi) is 12.1. The number of aliphatic hydroxyl groups excluding tert-OH is 9. The van der Waals surface area contributed by atoms with Gasteiger partial charge in [0.05, 0.1) is 32.0 Å². The van der Waals surface area contributed by atoms with Crippen molar-refractivity contribution in [1.82, 2.24) is 0 Å². The number of hydrogen-bond acceptors (Lipinski definition) is 18. The summed E-state index contributed by atoms with van der Waals surface area (Å²) in [6.45, 7) is -2.65. The zero-order chi connectivity index (χ0) is 36.3. The quantitative estimate of drug-likeness (QED) is 0.0741. The van der Waals surface area contributed by atoms with E-state index in [4.69, 9.17) is 28.4 Å². The number of ether oxygens (including phenoxy) is 6. The van der Waals surface area contributed by atoms with Gasteiger partial charge in [0.25, 0.3) is 0 Å². The highest BCUT2D eigenvalue weighted by atomic mass is 16.8. The molecular weight excluding hydrogens is 672 g/mol. The second-order valence-electron chi connectivity index (χ2n) is 12.1. The van der Waals surface area contributed by atoms with Gasteiger partial charge in [-0.05, 0) is 35.9 Å². The zero-order valence-electron chi connectivity index (χ0n) is 26.2. The van der Waals surface area contributed by atoms with E-state index < -0.39 is 117 Å². The van der Waals surface area contributed by atoms with Crippen LogP contribution in [-0.4, -0.2) is 168 Å². The molecule has 5 rings (SSSR count). The summed E-state index contributed by atoms with van der Waals surface area (Å²) in [6, 6.07) is 9.70. The Labute approximate surface area is 284 Å². The highest BCUT2D eigenvalue weighted by molar-refractivity contribution is 6.08. The third-order valence-corrected chi connectivity index (χ3v) is 8.59. The van der Waals surface area contributed by atoms with Crippen molar-refractivity contribution >= 4 is 11.9 Å². The van der Waals surface area contributed by atoms with Crippen LogP contribution in [0.15, 0.2) is 48.5 Å². The number of ketones is 1. The van der Waals surface area contributed by atoms with Gasteiger partial charge in [0.1, 0.15) is 71.7 Å². The molecule has 3 aliphatic heterocycles. The van der Waals surface area contributed by atoms with Gasteiger partial charge in [-0.3, -0.25) is 4.79 Å². The average molecular weight is 713 g/mol. The fourth-order valence-electron chi connectivity index (χ4n) is 5.51. The largest absolute Gasteiger partial charge is 0.507 e. The lowest BCUT2D eigenvalue weighted by Crippen LogP contribution is -2.62. The molecule has 18 nitrogen and oxygen atoms in total. The lowest BCUT2D eigenvalue weighted by atomic mass is 9.98. The molecule has 11 N–H and O–H groups in total. The zero-order valence-corrected chi connectivity index (χ0v) is 26.2. The molecule has 2 aromatic carbocycles. The van der Waals surface area contributed by atoms with E-state index in [1.165, 1.54) is 36.4 Å². The molecule has 0 amide bonds. The van der Waals surface area contributed by atoms with Crippen LogP contribution in [0.3, 0.4) is 0 Å². The first-order valence-electron chi connectivity index (χ1n) is 15.5. The van der Waals surface area contributed by atoms with Gasteiger partial charge in [0, 0.05) is 6.07 Å². The summed E-state index contributed by atoms with van der Waals surface area (Å²) in [5.74, 6) is -0.937. The third kappa shape index (κ3) is 7.93. The predicted octanol–water partition coefficient (Wildman–Crippen LogP) is -3.89. The second-order valence-corrected chi connectivity index (χ2v) is 12.1. The topological polar surface area (TPSA) is 295 Å². The number of phenols is 1. The maximum atomic E-state index is 12.8. The van der Waals surface area contributed by atoms with Crippen LogP contribution in [0.4, 0.5) is 0 Å². The van der Waals surface area contributed by atoms with E-state index in [-0.39, 0.29) is 17.1 Å². The summed E-state index contributed by atoms with van der Waals surface area (Å²) in [6.07, 6.45) is -15.8. The minimum absolute atomic E-state index is 0.0384. The normalized spacial score (nSPS) is 37.6. The van der Waals surface area contributed by atoms with Gasteiger partial charge in [-0.1, -0.05) is 18.2 Å². The van der Waals surface area contributed by atoms with Crippen molar-refractivity contribution in [2.75, 3.05) is 26.4 Å². The van der Waals surface area contributed by atoms with Crippen molar-refractivity contribution in [3.05, 3.63) is 59.7 Å². The van der Waals surface area contributed by atoms with Crippen LogP contribution < -0.4 is 9.47 Å². The van der Waals surface area contributed by atoms with E-state index >= 15 is 0 Å². The van der Waals surface area contributed by atoms with Crippen molar-refractivity contribution < 1.29 is 89.4 Å². The predicted molar refractivity (Wildman–Crippen MR) is 163 cm³/mol. The Morgan fingerprint density at radius 2 is 1.38 bits per heavy atom. The molecule has 18 heteroatoms. The van der Waals surface area contributed by atoms with Gasteiger partial charge >= 0.3 is 0 Å². The Balaban J connectivity index is 1.22. The van der Waals surface area contributed by atoms with E-state index in [2.05, 4.69) is 0 Å². The lowest BCUT2D eigenvalue weighted by Gasteiger charge is -2.42. The molecule has 0 aromatic heterocycles. The van der Waals surface area contributed by atoms with E-state index in [1.807, 2.05) is 0 Å². The molecule has 3 heterocycles. The summed E-state index contributed by atoms with van der Waals surface area (Å²) in [5, 5.41) is 111. The number of aromatic hydroxyl groups is 1. The van der Waals surface area contributed by atoms with Crippen LogP contribution in [-0.2, 0) is 18.9 Å². The number of carbonyl (C=O) groups excluding carboxylic acids is 1. The van der Waals surface area contributed by atoms with Crippen LogP contribution in [0, 0.1) is 0 Å². The SMILES string of the molecule is O=C(/C=C/c1ccc(O[C@@H]2O[C@H](CO)[C@@H](O)[C@H](O)[C@H]2O[C@@H]2OC[C@](O)(CO)[C@H]2O)cc1)c1ccc(O[C@@H]2O[C@H](CO)[C@@H](O)[C@H](O)[C@H]2O)cc1O. The molecule has 2 aromatic rings. The van der Waals surface area contributed by atoms with Gasteiger partial charge in [-0.25, -0.2) is 0 Å². The molecule has 3 saturated heterocycles. The van der Waals surface area contributed by atoms with E-state index in [9.17, 15) is 61.0 Å². The highest BCUT2D eigenvalue weighted by Gasteiger charge is 2.53. The fourth-order valence-corrected chi connectivity index (χ4v) is 5.51. The number of phenolic OH excluding ortho intramolecular Hbond substituents is 1. The van der Waals surface area contributed by atoms with Gasteiger partial charge in [0.2, 0.25) is 12.6 Å². The Hall–Kier alpha value is -3.31. The summed E-state index contributed by atoms with van der Waals surface area (Å²) in [5.41, 5.74) is -1.61. The highest BCUT2D eigenvalue weighted by Crippen LogP contribution is 2.33. The first-order valence-corrected chi connectivity index (χ1v) is 15.5. The molecule has 0 spiro atoms. The van der Waals surface area contributed by atoms with Gasteiger partial charge < -0.3 is 84.6 Å². The number of benzene rings is 2. The number of allylic oxidation sites excluding steroid dienone is 1. The van der Waals surface area contributed by atoms with Crippen molar-refractivity contribution in [2.45, 2.75) is 79.4 Å². The fraction of sp³-hybridized carbons (Fsp3) is 0.531. The molecule has 0 unspecified atom stereocenters. The molecular formula is C32H40O18. The van der Waals surface area contributed by atoms with E-state index in [0.29, 0.717) is 5.56 Å². The Bertz CT molecular complexity index is 1470. The van der Waals surface area contributed by atoms with Crippen molar-refractivity contribution in [1.29, 1.82) is 0 Å². The number of rotatable bonds is 12. The molecule has 50 heavy (non-hydrogen) atoms. The molecule has 0 saturated carbocycles. The Morgan fingerprint density at radius 3 is 1.98 bits per heavy atom. The van der Waals surface area contributed by atoms with Crippen molar-refractivity contribution in [3.63, 3.8) is 0 Å². The molecule has 0 radical (unpaired) electrons. The molecule has 276 valence electrons. The van der Waals surface area contributed by atoms with Gasteiger partial charge in [-0.2, -0.15) is 0 Å². The summed E-state index contributed by atoms with van der Waals surface area (Å²) < 4.78 is 33.0. The summed E-state index contributed by atoms with van der Waals surface area (Å²) >= 11 is 0. The Morgan fingerprint density at radius 1 is 0.780 bits per heavy atom. The first-order chi connectivity index (χ1) is 23.8. The van der Waals surface area contributed by atoms with E-state index in [1.54, 1.807) is 12.1 Å². The third-order valence-electron chi connectivity index (χ3n) is 8.59. The smallest absolute Gasteiger partial charge is 0.229 e. The van der Waals surface area contributed by atoms with Crippen LogP contribution >= 0.6 is 0 Å². The van der Waals surface area contributed by atoms with Gasteiger partial charge in [-0.15, -0.1) is 0 Å². The minimum Gasteiger partial charge on any atom is -0.507 e. The van der Waals surface area contributed by atoms with Crippen LogP contribution in [0.25, 0.3) is 6.08 Å². The number of hydrogen-bond donors (Lipinski definition) is 11. The number of carbonyl (C=O) groups is 1. The second kappa shape index (κ2) is 15.9. The summed E-state index contributed by atoms with van der Waals surface area (Å²) in [7, 11) is 0. The lowest BCUT2D eigenvalue weighted by molar-refractivity contribution is -0.318. The van der Waals surface area contributed by atoms with Crippen LogP contribution in [0.5, 0.6) is 17.2 Å². The maximum absolute atomic E-state index is 12.8. The average Bonchev–Trinajstić information content (AvgIpc) is 3.40. The standard InChI is InChI=1S/C32H40O18/c33-10-20-22(38)24(40)26(42)29(48-20)47-16-6-7-17(19(37)9-16)18(36)8-3-14-1-4-15(5-2-14)46-30-27(25(41)23(39)21(11-34)49-30)50-31-28(43)32(44,12-35)13-45-31/h1-9,20-31,33-35,37-44H,10-13H2/b8-3+/t20-,21-,22-,23-,24+,25+,26-,27-,28+,29-,30-,31+,32-/m1/s1. The summed E-state index contributed by atoms with van der Waals surface area (Å²) in [4.78, 5) is 12.8. The van der Waals surface area contributed by atoms with Crippen molar-refractivity contribution in [2.24, 2.45) is 0 Å². The van der Waals surface area contributed by atoms with Gasteiger partial charge in [0.15, 0.2) is 18.2 Å².